The Bertz CT molecular complexity index is 325. The molecule has 15 heavy (non-hydrogen) atoms. The number of hydrogen-bond donors (Lipinski definition) is 0. The molecule has 5 nitrogen and oxygen atoms in total. The first kappa shape index (κ1) is 10.1. The van der Waals surface area contributed by atoms with Gasteiger partial charge < -0.3 is 9.64 Å². The lowest BCUT2D eigenvalue weighted by Crippen LogP contribution is -2.43. The Morgan fingerprint density at radius 2 is 2.47 bits per heavy atom. The molecule has 1 unspecified atom stereocenters. The predicted octanol–water partition coefficient (Wildman–Crippen LogP) is 0.200. The molecule has 1 atom stereocenters. The minimum Gasteiger partial charge on any atom is -0.465 e. The van der Waals surface area contributed by atoms with Crippen molar-refractivity contribution in [3.05, 3.63) is 0 Å². The van der Waals surface area contributed by atoms with Gasteiger partial charge in [-0.2, -0.15) is 4.99 Å². The van der Waals surface area contributed by atoms with E-state index in [9.17, 15) is 9.59 Å². The van der Waals surface area contributed by atoms with Crippen molar-refractivity contribution in [1.82, 2.24) is 4.90 Å². The number of amidine groups is 1. The number of carbonyl (C=O) groups excluding carboxylic acids is 2. The Morgan fingerprint density at radius 1 is 1.67 bits per heavy atom. The molecule has 82 valence electrons. The number of carbonyl (C=O) groups is 2. The van der Waals surface area contributed by atoms with Crippen molar-refractivity contribution in [2.24, 2.45) is 10.9 Å². The standard InChI is InChI=1S/C10H14N2O3/c1-2-15-10(14)7-6-12-5-3-4-8(12)11-9(7)13/h7H,2-6H2,1H3. The van der Waals surface area contributed by atoms with Gasteiger partial charge in [-0.3, -0.25) is 9.59 Å². The molecule has 0 aromatic rings. The van der Waals surface area contributed by atoms with Crippen LogP contribution >= 0.6 is 0 Å². The van der Waals surface area contributed by atoms with Crippen LogP contribution in [0.15, 0.2) is 4.99 Å². The molecule has 0 aliphatic carbocycles. The zero-order chi connectivity index (χ0) is 10.8. The van der Waals surface area contributed by atoms with E-state index in [1.807, 2.05) is 4.90 Å². The van der Waals surface area contributed by atoms with Crippen molar-refractivity contribution in [3.63, 3.8) is 0 Å². The van der Waals surface area contributed by atoms with Gasteiger partial charge in [-0.15, -0.1) is 0 Å². The Labute approximate surface area is 88.1 Å². The summed E-state index contributed by atoms with van der Waals surface area (Å²) < 4.78 is 4.84. The molecule has 0 aromatic carbocycles. The summed E-state index contributed by atoms with van der Waals surface area (Å²) >= 11 is 0. The van der Waals surface area contributed by atoms with Crippen molar-refractivity contribution >= 4 is 17.7 Å². The number of hydrogen-bond acceptors (Lipinski definition) is 4. The highest BCUT2D eigenvalue weighted by molar-refractivity contribution is 6.06. The number of esters is 1. The van der Waals surface area contributed by atoms with Crippen molar-refractivity contribution < 1.29 is 14.3 Å². The van der Waals surface area contributed by atoms with Gasteiger partial charge in [0.15, 0.2) is 5.92 Å². The molecular formula is C10H14N2O3. The average molecular weight is 210 g/mol. The van der Waals surface area contributed by atoms with Crippen molar-refractivity contribution in [2.45, 2.75) is 19.8 Å². The third-order valence-corrected chi connectivity index (χ3v) is 2.70. The van der Waals surface area contributed by atoms with Crippen LogP contribution in [0, 0.1) is 5.92 Å². The van der Waals surface area contributed by atoms with Crippen LogP contribution in [0.25, 0.3) is 0 Å². The Hall–Kier alpha value is -1.39. The van der Waals surface area contributed by atoms with Crippen molar-refractivity contribution in [3.8, 4) is 0 Å². The van der Waals surface area contributed by atoms with E-state index in [4.69, 9.17) is 4.74 Å². The van der Waals surface area contributed by atoms with E-state index < -0.39 is 11.9 Å². The average Bonchev–Trinajstić information content (AvgIpc) is 2.63. The lowest BCUT2D eigenvalue weighted by atomic mass is 10.1. The van der Waals surface area contributed by atoms with E-state index in [2.05, 4.69) is 4.99 Å². The Kier molecular flexibility index (Phi) is 2.70. The van der Waals surface area contributed by atoms with Crippen LogP contribution in [0.3, 0.4) is 0 Å². The smallest absolute Gasteiger partial charge is 0.320 e. The van der Waals surface area contributed by atoms with E-state index >= 15 is 0 Å². The fraction of sp³-hybridized carbons (Fsp3) is 0.700. The third-order valence-electron chi connectivity index (χ3n) is 2.70. The van der Waals surface area contributed by atoms with Gasteiger partial charge in [-0.1, -0.05) is 0 Å². The molecule has 1 amide bonds. The van der Waals surface area contributed by atoms with Crippen LogP contribution in [0.1, 0.15) is 19.8 Å². The highest BCUT2D eigenvalue weighted by Crippen LogP contribution is 2.20. The topological polar surface area (TPSA) is 59.0 Å². The minimum absolute atomic E-state index is 0.305. The number of aliphatic imine (C=N–C) groups is 1. The zero-order valence-corrected chi connectivity index (χ0v) is 8.73. The minimum atomic E-state index is -0.716. The fourth-order valence-corrected chi connectivity index (χ4v) is 1.96. The summed E-state index contributed by atoms with van der Waals surface area (Å²) in [6, 6.07) is 0. The maximum atomic E-state index is 11.5. The summed E-state index contributed by atoms with van der Waals surface area (Å²) in [7, 11) is 0. The lowest BCUT2D eigenvalue weighted by Gasteiger charge is -2.26. The molecule has 0 N–H and O–H groups in total. The van der Waals surface area contributed by atoms with Crippen LogP contribution in [-0.2, 0) is 14.3 Å². The largest absolute Gasteiger partial charge is 0.465 e. The number of nitrogens with zero attached hydrogens (tertiary/aromatic N) is 2. The lowest BCUT2D eigenvalue weighted by molar-refractivity contribution is -0.152. The predicted molar refractivity (Wildman–Crippen MR) is 53.4 cm³/mol. The van der Waals surface area contributed by atoms with E-state index in [-0.39, 0.29) is 5.91 Å². The molecule has 1 fully saturated rings. The van der Waals surface area contributed by atoms with Gasteiger partial charge in [0.25, 0.3) is 5.91 Å². The van der Waals surface area contributed by atoms with E-state index in [0.717, 1.165) is 25.2 Å². The highest BCUT2D eigenvalue weighted by atomic mass is 16.5. The molecule has 0 bridgehead atoms. The Morgan fingerprint density at radius 3 is 3.20 bits per heavy atom. The first-order chi connectivity index (χ1) is 7.22. The summed E-state index contributed by atoms with van der Waals surface area (Å²) in [6.45, 7) is 3.37. The fourth-order valence-electron chi connectivity index (χ4n) is 1.96. The number of ether oxygens (including phenoxy) is 1. The van der Waals surface area contributed by atoms with Crippen molar-refractivity contribution in [2.75, 3.05) is 19.7 Å². The van der Waals surface area contributed by atoms with Crippen LogP contribution < -0.4 is 0 Å². The van der Waals surface area contributed by atoms with Crippen molar-refractivity contribution in [1.29, 1.82) is 0 Å². The van der Waals surface area contributed by atoms with Crippen LogP contribution in [0.5, 0.6) is 0 Å². The maximum absolute atomic E-state index is 11.5. The van der Waals surface area contributed by atoms with E-state index in [1.54, 1.807) is 6.92 Å². The van der Waals surface area contributed by atoms with Gasteiger partial charge in [-0.25, -0.2) is 0 Å². The van der Waals surface area contributed by atoms with E-state index in [1.165, 1.54) is 0 Å². The molecule has 0 radical (unpaired) electrons. The molecular weight excluding hydrogens is 196 g/mol. The molecule has 2 aliphatic rings. The first-order valence-electron chi connectivity index (χ1n) is 5.25. The molecule has 0 aromatic heterocycles. The molecule has 2 heterocycles. The first-order valence-corrected chi connectivity index (χ1v) is 5.25. The molecule has 2 rings (SSSR count). The molecule has 1 saturated heterocycles. The van der Waals surface area contributed by atoms with Gasteiger partial charge in [0.2, 0.25) is 0 Å². The third kappa shape index (κ3) is 1.86. The monoisotopic (exact) mass is 210 g/mol. The van der Waals surface area contributed by atoms with Gasteiger partial charge in [0.1, 0.15) is 5.84 Å². The van der Waals surface area contributed by atoms with Crippen LogP contribution in [0.4, 0.5) is 0 Å². The van der Waals surface area contributed by atoms with Gasteiger partial charge in [-0.05, 0) is 13.3 Å². The van der Waals surface area contributed by atoms with Gasteiger partial charge in [0.05, 0.1) is 6.61 Å². The van der Waals surface area contributed by atoms with E-state index in [0.29, 0.717) is 13.2 Å². The Balaban J connectivity index is 2.10. The summed E-state index contributed by atoms with van der Waals surface area (Å²) in [4.78, 5) is 28.9. The van der Waals surface area contributed by atoms with Gasteiger partial charge in [0, 0.05) is 19.5 Å². The number of fused-ring (bicyclic) bond motifs is 1. The molecule has 0 spiro atoms. The zero-order valence-electron chi connectivity index (χ0n) is 8.73. The summed E-state index contributed by atoms with van der Waals surface area (Å²) in [5, 5.41) is 0. The second kappa shape index (κ2) is 4.00. The number of rotatable bonds is 2. The second-order valence-corrected chi connectivity index (χ2v) is 3.72. The van der Waals surface area contributed by atoms with Crippen LogP contribution in [0.2, 0.25) is 0 Å². The normalized spacial score (nSPS) is 24.9. The summed E-state index contributed by atoms with van der Waals surface area (Å²) in [5.41, 5.74) is 0. The quantitative estimate of drug-likeness (QED) is 0.482. The van der Waals surface area contributed by atoms with Gasteiger partial charge >= 0.3 is 5.97 Å². The second-order valence-electron chi connectivity index (χ2n) is 3.72. The summed E-state index contributed by atoms with van der Waals surface area (Å²) in [5.74, 6) is -0.675. The maximum Gasteiger partial charge on any atom is 0.320 e. The highest BCUT2D eigenvalue weighted by Gasteiger charge is 2.36. The SMILES string of the molecule is CCOC(=O)C1CN2CCCC2=NC1=O. The van der Waals surface area contributed by atoms with Crippen LogP contribution in [-0.4, -0.2) is 42.3 Å². The number of amides is 1. The molecule has 0 saturated carbocycles. The molecule has 2 aliphatic heterocycles. The summed E-state index contributed by atoms with van der Waals surface area (Å²) in [6.07, 6.45) is 1.86. The molecule has 5 heteroatoms.